The molecule has 0 radical (unpaired) electrons. The van der Waals surface area contributed by atoms with Crippen LogP contribution >= 0.6 is 15.9 Å². The van der Waals surface area contributed by atoms with Gasteiger partial charge in [-0.2, -0.15) is 0 Å². The van der Waals surface area contributed by atoms with Crippen molar-refractivity contribution in [3.05, 3.63) is 28.2 Å². The summed E-state index contributed by atoms with van der Waals surface area (Å²) in [5.41, 5.74) is 1.08. The molecule has 100 valence electrons. The van der Waals surface area contributed by atoms with Gasteiger partial charge in [-0.3, -0.25) is 0 Å². The van der Waals surface area contributed by atoms with E-state index < -0.39 is 0 Å². The van der Waals surface area contributed by atoms with Crippen LogP contribution in [-0.4, -0.2) is 24.4 Å². The highest BCUT2D eigenvalue weighted by atomic mass is 79.9. The summed E-state index contributed by atoms with van der Waals surface area (Å²) >= 11 is 3.55. The Morgan fingerprint density at radius 3 is 2.72 bits per heavy atom. The van der Waals surface area contributed by atoms with Crippen molar-refractivity contribution in [2.75, 3.05) is 13.7 Å². The van der Waals surface area contributed by atoms with Gasteiger partial charge in [0.15, 0.2) is 0 Å². The fourth-order valence-corrected chi connectivity index (χ4v) is 2.93. The Hall–Kier alpha value is -0.580. The number of hydrogen-bond donors (Lipinski definition) is 2. The average Bonchev–Trinajstić information content (AvgIpc) is 2.87. The van der Waals surface area contributed by atoms with Crippen molar-refractivity contribution < 1.29 is 9.84 Å². The van der Waals surface area contributed by atoms with E-state index in [2.05, 4.69) is 21.2 Å². The van der Waals surface area contributed by atoms with Gasteiger partial charge in [0.2, 0.25) is 0 Å². The summed E-state index contributed by atoms with van der Waals surface area (Å²) in [7, 11) is 1.67. The molecule has 1 aromatic rings. The fraction of sp³-hybridized carbons (Fsp3) is 0.571. The summed E-state index contributed by atoms with van der Waals surface area (Å²) in [5.74, 6) is 0.861. The molecule has 0 unspecified atom stereocenters. The molecule has 1 saturated carbocycles. The van der Waals surface area contributed by atoms with Gasteiger partial charge >= 0.3 is 0 Å². The summed E-state index contributed by atoms with van der Waals surface area (Å²) in [4.78, 5) is 0. The highest BCUT2D eigenvalue weighted by Gasteiger charge is 2.32. The zero-order chi connectivity index (χ0) is 13.0. The number of ether oxygens (including phenoxy) is 1. The van der Waals surface area contributed by atoms with E-state index in [-0.39, 0.29) is 12.1 Å². The quantitative estimate of drug-likeness (QED) is 0.878. The molecule has 1 aliphatic carbocycles. The summed E-state index contributed by atoms with van der Waals surface area (Å²) in [5, 5.41) is 13.1. The lowest BCUT2D eigenvalue weighted by Crippen LogP contribution is -2.45. The first-order chi connectivity index (χ1) is 8.69. The van der Waals surface area contributed by atoms with Gasteiger partial charge in [-0.05, 0) is 36.6 Å². The van der Waals surface area contributed by atoms with Gasteiger partial charge in [-0.25, -0.2) is 0 Å². The number of rotatable bonds is 5. The third-order valence-corrected chi connectivity index (χ3v) is 4.54. The Morgan fingerprint density at radius 2 is 2.11 bits per heavy atom. The van der Waals surface area contributed by atoms with Crippen molar-refractivity contribution in [3.8, 4) is 5.75 Å². The number of aliphatic hydroxyl groups is 1. The Balaban J connectivity index is 2.05. The smallest absolute Gasteiger partial charge is 0.119 e. The zero-order valence-corrected chi connectivity index (χ0v) is 12.3. The zero-order valence-electron chi connectivity index (χ0n) is 10.7. The molecule has 4 heteroatoms. The first-order valence-corrected chi connectivity index (χ1v) is 7.17. The SMILES string of the molecule is COc1ccc(Br)c(CNC2(CO)CCCC2)c1. The van der Waals surface area contributed by atoms with Crippen LogP contribution in [0.15, 0.2) is 22.7 Å². The van der Waals surface area contributed by atoms with Crippen LogP contribution in [0, 0.1) is 0 Å². The highest BCUT2D eigenvalue weighted by Crippen LogP contribution is 2.30. The van der Waals surface area contributed by atoms with Crippen molar-refractivity contribution in [3.63, 3.8) is 0 Å². The molecule has 0 atom stereocenters. The lowest BCUT2D eigenvalue weighted by atomic mass is 9.98. The molecule has 2 N–H and O–H groups in total. The third-order valence-electron chi connectivity index (χ3n) is 3.77. The van der Waals surface area contributed by atoms with Crippen LogP contribution in [0.25, 0.3) is 0 Å². The molecule has 0 aromatic heterocycles. The number of nitrogens with one attached hydrogen (secondary N) is 1. The maximum absolute atomic E-state index is 9.57. The van der Waals surface area contributed by atoms with E-state index in [0.717, 1.165) is 35.2 Å². The van der Waals surface area contributed by atoms with Crippen LogP contribution in [0.5, 0.6) is 5.75 Å². The minimum absolute atomic E-state index is 0.0808. The lowest BCUT2D eigenvalue weighted by molar-refractivity contribution is 0.163. The van der Waals surface area contributed by atoms with Gasteiger partial charge < -0.3 is 15.2 Å². The molecule has 3 nitrogen and oxygen atoms in total. The van der Waals surface area contributed by atoms with E-state index in [1.165, 1.54) is 12.8 Å². The average molecular weight is 314 g/mol. The molecule has 1 aromatic carbocycles. The molecule has 0 aliphatic heterocycles. The summed E-state index contributed by atoms with van der Waals surface area (Å²) in [6, 6.07) is 5.96. The molecule has 1 fully saturated rings. The molecule has 0 heterocycles. The van der Waals surface area contributed by atoms with Crippen LogP contribution in [0.3, 0.4) is 0 Å². The first-order valence-electron chi connectivity index (χ1n) is 6.37. The molecule has 1 aliphatic rings. The van der Waals surface area contributed by atoms with Crippen LogP contribution in [0.2, 0.25) is 0 Å². The van der Waals surface area contributed by atoms with Gasteiger partial charge in [0.1, 0.15) is 5.75 Å². The van der Waals surface area contributed by atoms with Crippen LogP contribution < -0.4 is 10.1 Å². The molecular weight excluding hydrogens is 294 g/mol. The minimum Gasteiger partial charge on any atom is -0.497 e. The Bertz CT molecular complexity index is 403. The van der Waals surface area contributed by atoms with Crippen molar-refractivity contribution >= 4 is 15.9 Å². The van der Waals surface area contributed by atoms with Crippen LogP contribution in [0.4, 0.5) is 0 Å². The normalized spacial score (nSPS) is 17.9. The maximum atomic E-state index is 9.57. The second kappa shape index (κ2) is 6.04. The molecule has 2 rings (SSSR count). The van der Waals surface area contributed by atoms with E-state index in [9.17, 15) is 5.11 Å². The van der Waals surface area contributed by atoms with E-state index >= 15 is 0 Å². The van der Waals surface area contributed by atoms with E-state index in [0.29, 0.717) is 0 Å². The van der Waals surface area contributed by atoms with Crippen molar-refractivity contribution in [2.24, 2.45) is 0 Å². The predicted molar refractivity (Wildman–Crippen MR) is 75.8 cm³/mol. The predicted octanol–water partition coefficient (Wildman–Crippen LogP) is 2.85. The Labute approximate surface area is 117 Å². The number of halogens is 1. The number of benzene rings is 1. The van der Waals surface area contributed by atoms with Crippen LogP contribution in [0.1, 0.15) is 31.2 Å². The topological polar surface area (TPSA) is 41.5 Å². The second-order valence-corrected chi connectivity index (χ2v) is 5.81. The monoisotopic (exact) mass is 313 g/mol. The van der Waals surface area contributed by atoms with Crippen molar-refractivity contribution in [1.29, 1.82) is 0 Å². The number of aliphatic hydroxyl groups excluding tert-OH is 1. The van der Waals surface area contributed by atoms with Gasteiger partial charge in [0, 0.05) is 16.6 Å². The first kappa shape index (κ1) is 13.8. The van der Waals surface area contributed by atoms with Gasteiger partial charge in [0.25, 0.3) is 0 Å². The standard InChI is InChI=1S/C14H20BrNO2/c1-18-12-4-5-13(15)11(8-12)9-16-14(10-17)6-2-3-7-14/h4-5,8,16-17H,2-3,6-7,9-10H2,1H3. The molecule has 0 amide bonds. The number of methoxy groups -OCH3 is 1. The Kier molecular flexibility index (Phi) is 4.65. The summed E-state index contributed by atoms with van der Waals surface area (Å²) < 4.78 is 6.31. The summed E-state index contributed by atoms with van der Waals surface area (Å²) in [6.07, 6.45) is 4.52. The highest BCUT2D eigenvalue weighted by molar-refractivity contribution is 9.10. The third kappa shape index (κ3) is 3.05. The van der Waals surface area contributed by atoms with Crippen molar-refractivity contribution in [1.82, 2.24) is 5.32 Å². The van der Waals surface area contributed by atoms with Crippen LogP contribution in [-0.2, 0) is 6.54 Å². The Morgan fingerprint density at radius 1 is 1.39 bits per heavy atom. The van der Waals surface area contributed by atoms with E-state index in [1.807, 2.05) is 18.2 Å². The number of hydrogen-bond acceptors (Lipinski definition) is 3. The maximum Gasteiger partial charge on any atom is 0.119 e. The van der Waals surface area contributed by atoms with Gasteiger partial charge in [0.05, 0.1) is 13.7 Å². The molecule has 18 heavy (non-hydrogen) atoms. The minimum atomic E-state index is -0.0808. The molecule has 0 bridgehead atoms. The van der Waals surface area contributed by atoms with E-state index in [4.69, 9.17) is 4.74 Å². The van der Waals surface area contributed by atoms with Crippen molar-refractivity contribution in [2.45, 2.75) is 37.8 Å². The molecule has 0 spiro atoms. The largest absolute Gasteiger partial charge is 0.497 e. The fourth-order valence-electron chi connectivity index (χ4n) is 2.54. The van der Waals surface area contributed by atoms with Gasteiger partial charge in [-0.15, -0.1) is 0 Å². The summed E-state index contributed by atoms with van der Waals surface area (Å²) in [6.45, 7) is 0.965. The molecule has 0 saturated heterocycles. The molecular formula is C14H20BrNO2. The second-order valence-electron chi connectivity index (χ2n) is 4.96. The van der Waals surface area contributed by atoms with E-state index in [1.54, 1.807) is 7.11 Å². The lowest BCUT2D eigenvalue weighted by Gasteiger charge is -2.28. The van der Waals surface area contributed by atoms with Gasteiger partial charge in [-0.1, -0.05) is 28.8 Å².